The van der Waals surface area contributed by atoms with E-state index in [1.54, 1.807) is 31.2 Å². The first-order valence-corrected chi connectivity index (χ1v) is 8.49. The van der Waals surface area contributed by atoms with Gasteiger partial charge in [-0.15, -0.1) is 11.3 Å². The normalized spacial score (nSPS) is 10.0. The number of nitriles is 1. The molecular weight excluding hydrogens is 396 g/mol. The Morgan fingerprint density at radius 2 is 2.08 bits per heavy atom. The minimum atomic E-state index is -0.593. The van der Waals surface area contributed by atoms with Crippen LogP contribution in [0.25, 0.3) is 0 Å². The summed E-state index contributed by atoms with van der Waals surface area (Å²) in [4.78, 5) is 24.3. The fourth-order valence-corrected chi connectivity index (χ4v) is 3.26. The van der Waals surface area contributed by atoms with Gasteiger partial charge in [-0.3, -0.25) is 0 Å². The molecule has 0 unspecified atom stereocenters. The molecule has 2 rings (SSSR count). The number of rotatable bonds is 5. The number of hydrogen-bond acceptors (Lipinski definition) is 7. The lowest BCUT2D eigenvalue weighted by Gasteiger charge is -2.07. The second-order valence-electron chi connectivity index (χ2n) is 4.57. The zero-order valence-electron chi connectivity index (χ0n) is 12.7. The molecule has 0 aliphatic heterocycles. The molecule has 1 aromatic carbocycles. The summed E-state index contributed by atoms with van der Waals surface area (Å²) in [5.41, 5.74) is 6.51. The van der Waals surface area contributed by atoms with Gasteiger partial charge in [-0.1, -0.05) is 22.0 Å². The van der Waals surface area contributed by atoms with Crippen molar-refractivity contribution in [2.24, 2.45) is 0 Å². The molecule has 0 radical (unpaired) electrons. The highest BCUT2D eigenvalue weighted by atomic mass is 79.9. The standard InChI is InChI=1S/C16H13BrN2O4S/c1-2-22-16(21)13-12(11(7-18)14(19)24-13)8-23-15(20)9-4-3-5-10(17)6-9/h3-6H,2,8,19H2,1H3. The van der Waals surface area contributed by atoms with Crippen LogP contribution in [0, 0.1) is 11.3 Å². The fraction of sp³-hybridized carbons (Fsp3) is 0.188. The summed E-state index contributed by atoms with van der Waals surface area (Å²) in [5, 5.41) is 9.41. The molecule has 0 aliphatic carbocycles. The number of thiophene rings is 1. The average Bonchev–Trinajstić information content (AvgIpc) is 2.88. The van der Waals surface area contributed by atoms with Crippen LogP contribution in [-0.2, 0) is 16.1 Å². The van der Waals surface area contributed by atoms with E-state index in [2.05, 4.69) is 15.9 Å². The van der Waals surface area contributed by atoms with Crippen LogP contribution in [0.3, 0.4) is 0 Å². The number of anilines is 1. The average molecular weight is 409 g/mol. The van der Waals surface area contributed by atoms with Gasteiger partial charge in [0.1, 0.15) is 22.6 Å². The Hall–Kier alpha value is -2.37. The van der Waals surface area contributed by atoms with Gasteiger partial charge in [0.2, 0.25) is 0 Å². The van der Waals surface area contributed by atoms with Crippen molar-refractivity contribution in [1.82, 2.24) is 0 Å². The summed E-state index contributed by atoms with van der Waals surface area (Å²) in [6.45, 7) is 1.62. The first-order valence-electron chi connectivity index (χ1n) is 6.89. The van der Waals surface area contributed by atoms with E-state index in [9.17, 15) is 14.9 Å². The lowest BCUT2D eigenvalue weighted by molar-refractivity contribution is 0.0452. The molecule has 0 fully saturated rings. The maximum absolute atomic E-state index is 12.1. The first-order chi connectivity index (χ1) is 11.5. The van der Waals surface area contributed by atoms with Gasteiger partial charge < -0.3 is 15.2 Å². The minimum absolute atomic E-state index is 0.130. The third-order valence-electron chi connectivity index (χ3n) is 3.01. The van der Waals surface area contributed by atoms with Gasteiger partial charge in [0, 0.05) is 10.0 Å². The highest BCUT2D eigenvalue weighted by molar-refractivity contribution is 9.10. The Morgan fingerprint density at radius 3 is 2.71 bits per heavy atom. The van der Waals surface area contributed by atoms with Gasteiger partial charge >= 0.3 is 11.9 Å². The van der Waals surface area contributed by atoms with Crippen LogP contribution >= 0.6 is 27.3 Å². The number of hydrogen-bond donors (Lipinski definition) is 1. The lowest BCUT2D eigenvalue weighted by Crippen LogP contribution is -2.10. The largest absolute Gasteiger partial charge is 0.462 e. The van der Waals surface area contributed by atoms with E-state index >= 15 is 0 Å². The van der Waals surface area contributed by atoms with Crippen molar-refractivity contribution in [3.05, 3.63) is 50.3 Å². The Labute approximate surface area is 150 Å². The van der Waals surface area contributed by atoms with E-state index in [4.69, 9.17) is 15.2 Å². The lowest BCUT2D eigenvalue weighted by atomic mass is 10.1. The summed E-state index contributed by atoms with van der Waals surface area (Å²) in [5.74, 6) is -1.16. The van der Waals surface area contributed by atoms with Gasteiger partial charge in [-0.25, -0.2) is 9.59 Å². The van der Waals surface area contributed by atoms with Crippen molar-refractivity contribution in [3.63, 3.8) is 0 Å². The van der Waals surface area contributed by atoms with Gasteiger partial charge in [0.05, 0.1) is 17.7 Å². The van der Waals surface area contributed by atoms with Gasteiger partial charge in [-0.05, 0) is 25.1 Å². The number of halogens is 1. The van der Waals surface area contributed by atoms with Crippen molar-refractivity contribution in [2.75, 3.05) is 12.3 Å². The number of ether oxygens (including phenoxy) is 2. The quantitative estimate of drug-likeness (QED) is 0.759. The Kier molecular flexibility index (Phi) is 5.95. The van der Waals surface area contributed by atoms with E-state index in [-0.39, 0.29) is 34.2 Å². The third kappa shape index (κ3) is 3.93. The zero-order valence-corrected chi connectivity index (χ0v) is 15.1. The van der Waals surface area contributed by atoms with Crippen LogP contribution in [0.1, 0.15) is 38.1 Å². The van der Waals surface area contributed by atoms with Gasteiger partial charge in [0.15, 0.2) is 0 Å². The van der Waals surface area contributed by atoms with Gasteiger partial charge in [-0.2, -0.15) is 5.26 Å². The van der Waals surface area contributed by atoms with Crippen molar-refractivity contribution in [2.45, 2.75) is 13.5 Å². The molecule has 0 saturated carbocycles. The second-order valence-corrected chi connectivity index (χ2v) is 6.54. The van der Waals surface area contributed by atoms with Crippen molar-refractivity contribution < 1.29 is 19.1 Å². The molecule has 0 saturated heterocycles. The number of nitrogen functional groups attached to an aromatic ring is 1. The zero-order chi connectivity index (χ0) is 17.7. The second kappa shape index (κ2) is 7.95. The predicted molar refractivity (Wildman–Crippen MR) is 92.7 cm³/mol. The van der Waals surface area contributed by atoms with E-state index < -0.39 is 11.9 Å². The maximum Gasteiger partial charge on any atom is 0.348 e. The number of carbonyl (C=O) groups is 2. The third-order valence-corrected chi connectivity index (χ3v) is 4.55. The Bertz CT molecular complexity index is 826. The molecule has 0 spiro atoms. The summed E-state index contributed by atoms with van der Waals surface area (Å²) in [6.07, 6.45) is 0. The molecule has 0 atom stereocenters. The number of nitrogens with zero attached hydrogens (tertiary/aromatic N) is 1. The fourth-order valence-electron chi connectivity index (χ4n) is 1.94. The number of nitrogens with two attached hydrogens (primary N) is 1. The van der Waals surface area contributed by atoms with Crippen molar-refractivity contribution in [3.8, 4) is 6.07 Å². The molecule has 1 heterocycles. The monoisotopic (exact) mass is 408 g/mol. The van der Waals surface area contributed by atoms with Crippen LogP contribution in [0.15, 0.2) is 28.7 Å². The Balaban J connectivity index is 2.24. The van der Waals surface area contributed by atoms with Crippen molar-refractivity contribution >= 4 is 44.2 Å². The SMILES string of the molecule is CCOC(=O)c1sc(N)c(C#N)c1COC(=O)c1cccc(Br)c1. The molecule has 2 N–H and O–H groups in total. The molecule has 2 aromatic rings. The molecule has 1 aromatic heterocycles. The van der Waals surface area contributed by atoms with Crippen LogP contribution in [0.4, 0.5) is 5.00 Å². The number of esters is 2. The number of benzene rings is 1. The summed E-state index contributed by atoms with van der Waals surface area (Å²) < 4.78 is 10.9. The maximum atomic E-state index is 12.1. The van der Waals surface area contributed by atoms with Crippen LogP contribution < -0.4 is 5.73 Å². The summed E-state index contributed by atoms with van der Waals surface area (Å²) >= 11 is 4.22. The van der Waals surface area contributed by atoms with Crippen LogP contribution in [0.2, 0.25) is 0 Å². The molecule has 24 heavy (non-hydrogen) atoms. The highest BCUT2D eigenvalue weighted by Gasteiger charge is 2.24. The van der Waals surface area contributed by atoms with E-state index in [1.807, 2.05) is 6.07 Å². The Morgan fingerprint density at radius 1 is 1.33 bits per heavy atom. The van der Waals surface area contributed by atoms with E-state index in [0.717, 1.165) is 15.8 Å². The van der Waals surface area contributed by atoms with Crippen LogP contribution in [0.5, 0.6) is 0 Å². The molecule has 0 aliphatic rings. The molecule has 0 amide bonds. The summed E-state index contributed by atoms with van der Waals surface area (Å²) in [6, 6.07) is 8.63. The molecule has 124 valence electrons. The highest BCUT2D eigenvalue weighted by Crippen LogP contribution is 2.32. The smallest absolute Gasteiger partial charge is 0.348 e. The summed E-state index contributed by atoms with van der Waals surface area (Å²) in [7, 11) is 0. The molecule has 6 nitrogen and oxygen atoms in total. The van der Waals surface area contributed by atoms with Crippen LogP contribution in [-0.4, -0.2) is 18.5 Å². The molecule has 0 bridgehead atoms. The topological polar surface area (TPSA) is 102 Å². The molecular formula is C16H13BrN2O4S. The minimum Gasteiger partial charge on any atom is -0.462 e. The van der Waals surface area contributed by atoms with Crippen molar-refractivity contribution in [1.29, 1.82) is 5.26 Å². The van der Waals surface area contributed by atoms with E-state index in [1.165, 1.54) is 0 Å². The first kappa shape index (κ1) is 18.0. The van der Waals surface area contributed by atoms with Gasteiger partial charge in [0.25, 0.3) is 0 Å². The number of carbonyl (C=O) groups excluding carboxylic acids is 2. The van der Waals surface area contributed by atoms with E-state index in [0.29, 0.717) is 5.56 Å². The molecule has 8 heteroatoms. The predicted octanol–water partition coefficient (Wildman–Crippen LogP) is 3.50.